The van der Waals surface area contributed by atoms with Gasteiger partial charge in [0.15, 0.2) is 0 Å². The Labute approximate surface area is 98.1 Å². The lowest BCUT2D eigenvalue weighted by Crippen LogP contribution is -2.39. The van der Waals surface area contributed by atoms with Crippen LogP contribution in [0.2, 0.25) is 0 Å². The number of anilines is 1. The van der Waals surface area contributed by atoms with Gasteiger partial charge in [-0.05, 0) is 6.07 Å². The van der Waals surface area contributed by atoms with E-state index >= 15 is 0 Å². The highest BCUT2D eigenvalue weighted by atomic mass is 16.5. The minimum absolute atomic E-state index is 0.199. The van der Waals surface area contributed by atoms with Crippen molar-refractivity contribution in [2.75, 3.05) is 12.4 Å². The first-order valence-corrected chi connectivity index (χ1v) is 4.87. The molecule has 0 spiro atoms. The van der Waals surface area contributed by atoms with Crippen molar-refractivity contribution in [2.24, 2.45) is 11.5 Å². The monoisotopic (exact) mass is 238 g/mol. The number of nitrogens with one attached hydrogen (secondary N) is 1. The molecule has 5 N–H and O–H groups in total. The van der Waals surface area contributed by atoms with Crippen molar-refractivity contribution in [3.8, 4) is 5.88 Å². The molecule has 1 rings (SSSR count). The summed E-state index contributed by atoms with van der Waals surface area (Å²) in [4.78, 5) is 26.0. The molecule has 1 unspecified atom stereocenters. The standard InChI is InChI=1S/C10H14N4O3/c1-17-9-3-2-6(5-13-9)14-10(16)7(11)4-8(12)15/h2-3,5,7H,4,11H2,1H3,(H2,12,15)(H,14,16). The molecule has 0 aromatic carbocycles. The molecule has 0 saturated carbocycles. The zero-order valence-electron chi connectivity index (χ0n) is 9.34. The molecule has 0 aliphatic heterocycles. The molecular formula is C10H14N4O3. The lowest BCUT2D eigenvalue weighted by molar-refractivity contribution is -0.123. The predicted octanol–water partition coefficient (Wildman–Crippen LogP) is -0.769. The van der Waals surface area contributed by atoms with Crippen LogP contribution in [0.15, 0.2) is 18.3 Å². The van der Waals surface area contributed by atoms with Crippen LogP contribution in [0.3, 0.4) is 0 Å². The molecule has 92 valence electrons. The molecule has 0 aliphatic rings. The molecule has 7 nitrogen and oxygen atoms in total. The summed E-state index contributed by atoms with van der Waals surface area (Å²) in [5.41, 5.74) is 10.9. The summed E-state index contributed by atoms with van der Waals surface area (Å²) in [6, 6.07) is 2.24. The van der Waals surface area contributed by atoms with E-state index in [0.717, 1.165) is 0 Å². The first-order chi connectivity index (χ1) is 8.02. The van der Waals surface area contributed by atoms with E-state index in [9.17, 15) is 9.59 Å². The van der Waals surface area contributed by atoms with Gasteiger partial charge in [-0.1, -0.05) is 0 Å². The van der Waals surface area contributed by atoms with E-state index in [4.69, 9.17) is 16.2 Å². The summed E-state index contributed by atoms with van der Waals surface area (Å²) in [6.07, 6.45) is 1.23. The van der Waals surface area contributed by atoms with E-state index in [0.29, 0.717) is 11.6 Å². The Balaban J connectivity index is 2.58. The fraction of sp³-hybridized carbons (Fsp3) is 0.300. The Kier molecular flexibility index (Phi) is 4.41. The number of pyridine rings is 1. The number of ether oxygens (including phenoxy) is 1. The van der Waals surface area contributed by atoms with E-state index in [-0.39, 0.29) is 6.42 Å². The third-order valence-corrected chi connectivity index (χ3v) is 1.97. The van der Waals surface area contributed by atoms with Crippen molar-refractivity contribution in [1.82, 2.24) is 4.98 Å². The Morgan fingerprint density at radius 2 is 2.24 bits per heavy atom. The third-order valence-electron chi connectivity index (χ3n) is 1.97. The summed E-state index contributed by atoms with van der Waals surface area (Å²) in [7, 11) is 1.49. The molecular weight excluding hydrogens is 224 g/mol. The predicted molar refractivity (Wildman–Crippen MR) is 61.2 cm³/mol. The topological polar surface area (TPSA) is 120 Å². The second-order valence-corrected chi connectivity index (χ2v) is 3.36. The van der Waals surface area contributed by atoms with Crippen LogP contribution in [0, 0.1) is 0 Å². The number of carbonyl (C=O) groups excluding carboxylic acids is 2. The highest BCUT2D eigenvalue weighted by Crippen LogP contribution is 2.11. The zero-order chi connectivity index (χ0) is 12.8. The number of primary amides is 1. The van der Waals surface area contributed by atoms with Crippen molar-refractivity contribution in [1.29, 1.82) is 0 Å². The summed E-state index contributed by atoms with van der Waals surface area (Å²) in [6.45, 7) is 0. The maximum absolute atomic E-state index is 11.5. The maximum Gasteiger partial charge on any atom is 0.241 e. The van der Waals surface area contributed by atoms with Crippen LogP contribution in [0.5, 0.6) is 5.88 Å². The minimum atomic E-state index is -0.963. The number of nitrogens with zero attached hydrogens (tertiary/aromatic N) is 1. The van der Waals surface area contributed by atoms with Crippen LogP contribution >= 0.6 is 0 Å². The fourth-order valence-corrected chi connectivity index (χ4v) is 1.12. The lowest BCUT2D eigenvalue weighted by atomic mass is 10.2. The number of hydrogen-bond donors (Lipinski definition) is 3. The van der Waals surface area contributed by atoms with Gasteiger partial charge in [-0.2, -0.15) is 0 Å². The van der Waals surface area contributed by atoms with Crippen LogP contribution in [-0.2, 0) is 9.59 Å². The van der Waals surface area contributed by atoms with E-state index < -0.39 is 17.9 Å². The van der Waals surface area contributed by atoms with Gasteiger partial charge in [0, 0.05) is 6.07 Å². The molecule has 1 aromatic heterocycles. The summed E-state index contributed by atoms with van der Waals surface area (Å²) in [5, 5.41) is 2.51. The Hall–Kier alpha value is -2.15. The molecule has 7 heteroatoms. The second kappa shape index (κ2) is 5.80. The molecule has 0 bridgehead atoms. The van der Waals surface area contributed by atoms with Crippen molar-refractivity contribution in [3.05, 3.63) is 18.3 Å². The highest BCUT2D eigenvalue weighted by molar-refractivity contribution is 5.97. The van der Waals surface area contributed by atoms with Gasteiger partial charge in [-0.15, -0.1) is 0 Å². The molecule has 0 saturated heterocycles. The highest BCUT2D eigenvalue weighted by Gasteiger charge is 2.15. The number of amides is 2. The fourth-order valence-electron chi connectivity index (χ4n) is 1.12. The van der Waals surface area contributed by atoms with E-state index in [1.54, 1.807) is 12.1 Å². The third kappa shape index (κ3) is 4.07. The van der Waals surface area contributed by atoms with Crippen molar-refractivity contribution in [3.63, 3.8) is 0 Å². The van der Waals surface area contributed by atoms with Crippen LogP contribution < -0.4 is 21.5 Å². The molecule has 0 aliphatic carbocycles. The van der Waals surface area contributed by atoms with Crippen LogP contribution in [0.4, 0.5) is 5.69 Å². The SMILES string of the molecule is COc1ccc(NC(=O)C(N)CC(N)=O)cn1. The van der Waals surface area contributed by atoms with Gasteiger partial charge in [0.05, 0.1) is 31.5 Å². The van der Waals surface area contributed by atoms with E-state index in [2.05, 4.69) is 10.3 Å². The summed E-state index contributed by atoms with van der Waals surface area (Å²) < 4.78 is 4.86. The first kappa shape index (κ1) is 12.9. The minimum Gasteiger partial charge on any atom is -0.481 e. The number of nitrogens with two attached hydrogens (primary N) is 2. The molecule has 1 aromatic rings. The number of aromatic nitrogens is 1. The average molecular weight is 238 g/mol. The summed E-state index contributed by atoms with van der Waals surface area (Å²) in [5.74, 6) is -0.680. The van der Waals surface area contributed by atoms with Crippen LogP contribution in [0.1, 0.15) is 6.42 Å². The van der Waals surface area contributed by atoms with Gasteiger partial charge in [-0.3, -0.25) is 9.59 Å². The van der Waals surface area contributed by atoms with Crippen LogP contribution in [0.25, 0.3) is 0 Å². The van der Waals surface area contributed by atoms with E-state index in [1.807, 2.05) is 0 Å². The van der Waals surface area contributed by atoms with Crippen LogP contribution in [-0.4, -0.2) is 29.9 Å². The van der Waals surface area contributed by atoms with Crippen molar-refractivity contribution in [2.45, 2.75) is 12.5 Å². The van der Waals surface area contributed by atoms with E-state index in [1.165, 1.54) is 13.3 Å². The maximum atomic E-state index is 11.5. The van der Waals surface area contributed by atoms with Gasteiger partial charge in [0.25, 0.3) is 0 Å². The van der Waals surface area contributed by atoms with Crippen molar-refractivity contribution >= 4 is 17.5 Å². The normalized spacial score (nSPS) is 11.6. The number of methoxy groups -OCH3 is 1. The van der Waals surface area contributed by atoms with Gasteiger partial charge in [0.1, 0.15) is 0 Å². The smallest absolute Gasteiger partial charge is 0.241 e. The van der Waals surface area contributed by atoms with Gasteiger partial charge in [-0.25, -0.2) is 4.98 Å². The van der Waals surface area contributed by atoms with Gasteiger partial charge < -0.3 is 21.5 Å². The Morgan fingerprint density at radius 1 is 1.53 bits per heavy atom. The second-order valence-electron chi connectivity index (χ2n) is 3.36. The summed E-state index contributed by atoms with van der Waals surface area (Å²) >= 11 is 0. The molecule has 0 fully saturated rings. The Morgan fingerprint density at radius 3 is 2.71 bits per heavy atom. The molecule has 1 atom stereocenters. The number of rotatable bonds is 5. The van der Waals surface area contributed by atoms with Crippen molar-refractivity contribution < 1.29 is 14.3 Å². The molecule has 17 heavy (non-hydrogen) atoms. The lowest BCUT2D eigenvalue weighted by Gasteiger charge is -2.10. The van der Waals surface area contributed by atoms with Gasteiger partial charge >= 0.3 is 0 Å². The number of carbonyl (C=O) groups is 2. The molecule has 0 radical (unpaired) electrons. The number of hydrogen-bond acceptors (Lipinski definition) is 5. The first-order valence-electron chi connectivity index (χ1n) is 4.87. The zero-order valence-corrected chi connectivity index (χ0v) is 9.34. The largest absolute Gasteiger partial charge is 0.481 e. The molecule has 2 amide bonds. The van der Waals surface area contributed by atoms with Gasteiger partial charge in [0.2, 0.25) is 17.7 Å². The quantitative estimate of drug-likeness (QED) is 0.622. The average Bonchev–Trinajstić information content (AvgIpc) is 2.29. The molecule has 1 heterocycles. The Bertz CT molecular complexity index is 405.